The van der Waals surface area contributed by atoms with Crippen molar-refractivity contribution in [1.82, 2.24) is 0 Å². The van der Waals surface area contributed by atoms with Gasteiger partial charge in [0.15, 0.2) is 17.2 Å². The molecule has 7 nitrogen and oxygen atoms in total. The van der Waals surface area contributed by atoms with Crippen LogP contribution >= 0.6 is 11.6 Å². The first kappa shape index (κ1) is 23.1. The molecule has 3 aromatic rings. The number of methoxy groups -OCH3 is 1. The maximum atomic E-state index is 12.7. The van der Waals surface area contributed by atoms with E-state index in [4.69, 9.17) is 30.5 Å². The summed E-state index contributed by atoms with van der Waals surface area (Å²) in [5.74, 6) is -0.0205. The van der Waals surface area contributed by atoms with Crippen LogP contribution in [-0.4, -0.2) is 31.6 Å². The molecule has 0 radical (unpaired) electrons. The van der Waals surface area contributed by atoms with Gasteiger partial charge in [0.2, 0.25) is 5.90 Å². The molecule has 4 rings (SSSR count). The standard InChI is InChI=1S/C26H20ClNO6/c1-3-32-23-14-16(11-12-22(23)33-25(29)19-9-4-5-10-21(19)31-2)13-20-26(30)34-24(28-20)17-7-6-8-18(27)15-17/h4-15H,3H2,1-2H3. The first-order valence-corrected chi connectivity index (χ1v) is 10.8. The lowest BCUT2D eigenvalue weighted by molar-refractivity contribution is -0.129. The third-order valence-corrected chi connectivity index (χ3v) is 5.03. The number of hydrogen-bond donors (Lipinski definition) is 0. The van der Waals surface area contributed by atoms with Crippen LogP contribution in [0.15, 0.2) is 77.4 Å². The molecule has 1 aliphatic rings. The van der Waals surface area contributed by atoms with Gasteiger partial charge in [0.25, 0.3) is 0 Å². The van der Waals surface area contributed by atoms with Crippen LogP contribution in [0, 0.1) is 0 Å². The van der Waals surface area contributed by atoms with Gasteiger partial charge in [0.1, 0.15) is 11.3 Å². The highest BCUT2D eigenvalue weighted by Crippen LogP contribution is 2.32. The van der Waals surface area contributed by atoms with Crippen molar-refractivity contribution >= 4 is 35.5 Å². The Morgan fingerprint density at radius 3 is 2.62 bits per heavy atom. The molecule has 0 fully saturated rings. The van der Waals surface area contributed by atoms with Crippen molar-refractivity contribution in [2.24, 2.45) is 4.99 Å². The van der Waals surface area contributed by atoms with E-state index in [0.717, 1.165) is 0 Å². The minimum Gasteiger partial charge on any atom is -0.496 e. The average molecular weight is 478 g/mol. The smallest absolute Gasteiger partial charge is 0.363 e. The quantitative estimate of drug-likeness (QED) is 0.260. The molecule has 34 heavy (non-hydrogen) atoms. The Hall–Kier alpha value is -4.10. The molecule has 0 amide bonds. The Morgan fingerprint density at radius 1 is 1.03 bits per heavy atom. The van der Waals surface area contributed by atoms with Gasteiger partial charge in [0.05, 0.1) is 13.7 Å². The molecule has 0 aromatic heterocycles. The van der Waals surface area contributed by atoms with Crippen molar-refractivity contribution < 1.29 is 28.5 Å². The number of aliphatic imine (C=N–C) groups is 1. The second-order valence-electron chi connectivity index (χ2n) is 7.08. The van der Waals surface area contributed by atoms with Crippen LogP contribution in [0.25, 0.3) is 6.08 Å². The predicted molar refractivity (Wildman–Crippen MR) is 128 cm³/mol. The SMILES string of the molecule is CCOc1cc(C=C2N=C(c3cccc(Cl)c3)OC2=O)ccc1OC(=O)c1ccccc1OC. The molecular formula is C26H20ClNO6. The third kappa shape index (κ3) is 5.10. The van der Waals surface area contributed by atoms with Gasteiger partial charge in [0, 0.05) is 10.6 Å². The summed E-state index contributed by atoms with van der Waals surface area (Å²) in [7, 11) is 1.48. The molecule has 0 aliphatic carbocycles. The summed E-state index contributed by atoms with van der Waals surface area (Å²) in [5, 5.41) is 0.508. The van der Waals surface area contributed by atoms with Gasteiger partial charge >= 0.3 is 11.9 Å². The van der Waals surface area contributed by atoms with E-state index in [9.17, 15) is 9.59 Å². The van der Waals surface area contributed by atoms with E-state index < -0.39 is 11.9 Å². The monoisotopic (exact) mass is 477 g/mol. The minimum atomic E-state index is -0.584. The molecule has 0 bridgehead atoms. The average Bonchev–Trinajstić information content (AvgIpc) is 3.21. The Morgan fingerprint density at radius 2 is 1.85 bits per heavy atom. The molecule has 8 heteroatoms. The van der Waals surface area contributed by atoms with Crippen LogP contribution in [0.3, 0.4) is 0 Å². The number of ether oxygens (including phenoxy) is 4. The first-order chi connectivity index (χ1) is 16.5. The van der Waals surface area contributed by atoms with E-state index >= 15 is 0 Å². The fraction of sp³-hybridized carbons (Fsp3) is 0.115. The maximum absolute atomic E-state index is 12.7. The van der Waals surface area contributed by atoms with E-state index in [1.807, 2.05) is 6.92 Å². The van der Waals surface area contributed by atoms with Gasteiger partial charge in [-0.2, -0.15) is 0 Å². The van der Waals surface area contributed by atoms with E-state index in [2.05, 4.69) is 4.99 Å². The van der Waals surface area contributed by atoms with Crippen molar-refractivity contribution in [3.05, 3.63) is 94.1 Å². The molecule has 1 heterocycles. The summed E-state index contributed by atoms with van der Waals surface area (Å²) in [6.45, 7) is 2.16. The summed E-state index contributed by atoms with van der Waals surface area (Å²) in [4.78, 5) is 29.3. The molecule has 0 unspecified atom stereocenters. The van der Waals surface area contributed by atoms with Gasteiger partial charge in [-0.3, -0.25) is 0 Å². The van der Waals surface area contributed by atoms with Crippen molar-refractivity contribution in [2.45, 2.75) is 6.92 Å². The van der Waals surface area contributed by atoms with E-state index in [1.54, 1.807) is 72.8 Å². The zero-order chi connectivity index (χ0) is 24.1. The number of halogens is 1. The van der Waals surface area contributed by atoms with Crippen LogP contribution in [0.1, 0.15) is 28.4 Å². The zero-order valence-corrected chi connectivity index (χ0v) is 19.2. The first-order valence-electron chi connectivity index (χ1n) is 10.4. The number of para-hydroxylation sites is 1. The zero-order valence-electron chi connectivity index (χ0n) is 18.4. The van der Waals surface area contributed by atoms with Crippen LogP contribution < -0.4 is 14.2 Å². The van der Waals surface area contributed by atoms with Crippen LogP contribution in [0.4, 0.5) is 0 Å². The molecule has 3 aromatic carbocycles. The van der Waals surface area contributed by atoms with Gasteiger partial charge < -0.3 is 18.9 Å². The van der Waals surface area contributed by atoms with Gasteiger partial charge in [-0.05, 0) is 61.0 Å². The summed E-state index contributed by atoms with van der Waals surface area (Å²) < 4.78 is 21.7. The van der Waals surface area contributed by atoms with Crippen LogP contribution in [0.5, 0.6) is 17.2 Å². The summed E-state index contributed by atoms with van der Waals surface area (Å²) in [6.07, 6.45) is 1.56. The number of benzene rings is 3. The van der Waals surface area contributed by atoms with Gasteiger partial charge in [-0.1, -0.05) is 35.9 Å². The van der Waals surface area contributed by atoms with Crippen molar-refractivity contribution in [1.29, 1.82) is 0 Å². The molecular weight excluding hydrogens is 458 g/mol. The molecule has 0 atom stereocenters. The largest absolute Gasteiger partial charge is 0.496 e. The normalized spacial score (nSPS) is 13.9. The molecule has 0 N–H and O–H groups in total. The second-order valence-corrected chi connectivity index (χ2v) is 7.51. The number of carbonyl (C=O) groups is 2. The molecule has 1 aliphatic heterocycles. The molecule has 0 saturated carbocycles. The highest BCUT2D eigenvalue weighted by Gasteiger charge is 2.24. The Balaban J connectivity index is 1.60. The number of hydrogen-bond acceptors (Lipinski definition) is 7. The number of rotatable bonds is 7. The van der Waals surface area contributed by atoms with Gasteiger partial charge in [-0.15, -0.1) is 0 Å². The van der Waals surface area contributed by atoms with Crippen molar-refractivity contribution in [3.8, 4) is 17.2 Å². The van der Waals surface area contributed by atoms with E-state index in [-0.39, 0.29) is 22.9 Å². The predicted octanol–water partition coefficient (Wildman–Crippen LogP) is 5.31. The lowest BCUT2D eigenvalue weighted by Crippen LogP contribution is -2.11. The Kier molecular flexibility index (Phi) is 6.94. The number of esters is 2. The molecule has 172 valence electrons. The van der Waals surface area contributed by atoms with Crippen molar-refractivity contribution in [2.75, 3.05) is 13.7 Å². The second kappa shape index (κ2) is 10.2. The minimum absolute atomic E-state index is 0.121. The lowest BCUT2D eigenvalue weighted by Gasteiger charge is -2.12. The number of cyclic esters (lactones) is 1. The highest BCUT2D eigenvalue weighted by molar-refractivity contribution is 6.31. The third-order valence-electron chi connectivity index (χ3n) is 4.79. The summed E-state index contributed by atoms with van der Waals surface area (Å²) in [6, 6.07) is 18.6. The topological polar surface area (TPSA) is 83.4 Å². The fourth-order valence-electron chi connectivity index (χ4n) is 3.25. The fourth-order valence-corrected chi connectivity index (χ4v) is 3.44. The lowest BCUT2D eigenvalue weighted by atomic mass is 10.1. The summed E-state index contributed by atoms with van der Waals surface area (Å²) in [5.41, 5.74) is 1.62. The highest BCUT2D eigenvalue weighted by atomic mass is 35.5. The maximum Gasteiger partial charge on any atom is 0.363 e. The summed E-state index contributed by atoms with van der Waals surface area (Å²) >= 11 is 6.01. The number of carbonyl (C=O) groups excluding carboxylic acids is 2. The number of nitrogens with zero attached hydrogens (tertiary/aromatic N) is 1. The van der Waals surface area contributed by atoms with E-state index in [1.165, 1.54) is 7.11 Å². The molecule has 0 saturated heterocycles. The Bertz CT molecular complexity index is 1310. The van der Waals surface area contributed by atoms with Crippen LogP contribution in [-0.2, 0) is 9.53 Å². The van der Waals surface area contributed by atoms with Crippen molar-refractivity contribution in [3.63, 3.8) is 0 Å². The molecule has 0 spiro atoms. The van der Waals surface area contributed by atoms with Gasteiger partial charge in [-0.25, -0.2) is 14.6 Å². The van der Waals surface area contributed by atoms with E-state index in [0.29, 0.717) is 34.3 Å². The Labute approximate surface area is 201 Å². The van der Waals surface area contributed by atoms with Crippen LogP contribution in [0.2, 0.25) is 5.02 Å².